The summed E-state index contributed by atoms with van der Waals surface area (Å²) in [4.78, 5) is 11.1. The Morgan fingerprint density at radius 1 is 1.21 bits per heavy atom. The van der Waals surface area contributed by atoms with Gasteiger partial charge in [0.25, 0.3) is 0 Å². The average molecular weight is 198 g/mol. The fourth-order valence-corrected chi connectivity index (χ4v) is 1.11. The van der Waals surface area contributed by atoms with Crippen molar-refractivity contribution in [3.8, 4) is 0 Å². The molecular formula is C12H22O2. The fourth-order valence-electron chi connectivity index (χ4n) is 1.11. The predicted molar refractivity (Wildman–Crippen MR) is 59.1 cm³/mol. The number of unbranched alkanes of at least 4 members (excludes halogenated alkanes) is 2. The van der Waals surface area contributed by atoms with Crippen molar-refractivity contribution < 1.29 is 9.53 Å². The Bertz CT molecular complexity index is 173. The Labute approximate surface area is 87.3 Å². The molecule has 0 aliphatic heterocycles. The van der Waals surface area contributed by atoms with Crippen LogP contribution in [0, 0.1) is 0 Å². The van der Waals surface area contributed by atoms with Gasteiger partial charge in [-0.05, 0) is 32.6 Å². The van der Waals surface area contributed by atoms with Gasteiger partial charge in [-0.25, -0.2) is 0 Å². The topological polar surface area (TPSA) is 26.3 Å². The van der Waals surface area contributed by atoms with E-state index in [2.05, 4.69) is 13.5 Å². The molecule has 0 atom stereocenters. The molecule has 0 unspecified atom stereocenters. The van der Waals surface area contributed by atoms with Crippen LogP contribution in [0.25, 0.3) is 0 Å². The second-order valence-corrected chi connectivity index (χ2v) is 3.74. The summed E-state index contributed by atoms with van der Waals surface area (Å²) in [6, 6.07) is 0. The molecule has 0 bridgehead atoms. The summed E-state index contributed by atoms with van der Waals surface area (Å²) in [5, 5.41) is 0. The number of hydrogen-bond acceptors (Lipinski definition) is 2. The van der Waals surface area contributed by atoms with E-state index in [4.69, 9.17) is 4.74 Å². The van der Waals surface area contributed by atoms with Crippen molar-refractivity contribution in [1.29, 1.82) is 0 Å². The van der Waals surface area contributed by atoms with Gasteiger partial charge in [0, 0.05) is 6.42 Å². The van der Waals surface area contributed by atoms with Crippen molar-refractivity contribution in [3.63, 3.8) is 0 Å². The highest BCUT2D eigenvalue weighted by molar-refractivity contribution is 5.69. The molecule has 2 nitrogen and oxygen atoms in total. The van der Waals surface area contributed by atoms with Crippen molar-refractivity contribution in [2.45, 2.75) is 52.4 Å². The number of carbonyl (C=O) groups is 1. The van der Waals surface area contributed by atoms with Gasteiger partial charge in [-0.1, -0.05) is 18.9 Å². The zero-order chi connectivity index (χ0) is 10.8. The SMILES string of the molecule is C=C(C)CCCCOC(=O)CCCC. The fraction of sp³-hybridized carbons (Fsp3) is 0.750. The van der Waals surface area contributed by atoms with Crippen molar-refractivity contribution in [1.82, 2.24) is 0 Å². The smallest absolute Gasteiger partial charge is 0.305 e. The molecule has 0 aliphatic carbocycles. The molecule has 2 heteroatoms. The maximum atomic E-state index is 11.1. The first-order valence-electron chi connectivity index (χ1n) is 5.46. The lowest BCUT2D eigenvalue weighted by Gasteiger charge is -2.03. The van der Waals surface area contributed by atoms with E-state index >= 15 is 0 Å². The number of rotatable bonds is 8. The van der Waals surface area contributed by atoms with Gasteiger partial charge >= 0.3 is 5.97 Å². The molecule has 14 heavy (non-hydrogen) atoms. The molecule has 0 aromatic carbocycles. The zero-order valence-corrected chi connectivity index (χ0v) is 9.47. The number of ether oxygens (including phenoxy) is 1. The number of allylic oxidation sites excluding steroid dienone is 1. The van der Waals surface area contributed by atoms with Crippen LogP contribution in [0.2, 0.25) is 0 Å². The Morgan fingerprint density at radius 3 is 2.50 bits per heavy atom. The van der Waals surface area contributed by atoms with E-state index in [1.807, 2.05) is 6.92 Å². The van der Waals surface area contributed by atoms with Gasteiger partial charge in [0.2, 0.25) is 0 Å². The van der Waals surface area contributed by atoms with Crippen LogP contribution in [0.3, 0.4) is 0 Å². The van der Waals surface area contributed by atoms with E-state index in [1.54, 1.807) is 0 Å². The van der Waals surface area contributed by atoms with Gasteiger partial charge in [0.1, 0.15) is 0 Å². The van der Waals surface area contributed by atoms with E-state index in [-0.39, 0.29) is 5.97 Å². The van der Waals surface area contributed by atoms with Gasteiger partial charge in [-0.2, -0.15) is 0 Å². The summed E-state index contributed by atoms with van der Waals surface area (Å²) in [6.07, 6.45) is 5.60. The molecule has 0 spiro atoms. The molecule has 0 N–H and O–H groups in total. The van der Waals surface area contributed by atoms with Crippen LogP contribution in [0.1, 0.15) is 52.4 Å². The van der Waals surface area contributed by atoms with Gasteiger partial charge in [-0.15, -0.1) is 6.58 Å². The van der Waals surface area contributed by atoms with Crippen molar-refractivity contribution in [2.75, 3.05) is 6.61 Å². The van der Waals surface area contributed by atoms with Gasteiger partial charge in [0.15, 0.2) is 0 Å². The third-order valence-electron chi connectivity index (χ3n) is 2.00. The van der Waals surface area contributed by atoms with Gasteiger partial charge in [0.05, 0.1) is 6.61 Å². The molecule has 0 saturated heterocycles. The second-order valence-electron chi connectivity index (χ2n) is 3.74. The summed E-state index contributed by atoms with van der Waals surface area (Å²) in [5.41, 5.74) is 1.20. The highest BCUT2D eigenvalue weighted by atomic mass is 16.5. The Kier molecular flexibility index (Phi) is 8.30. The Balaban J connectivity index is 3.19. The first-order chi connectivity index (χ1) is 6.66. The molecule has 0 radical (unpaired) electrons. The lowest BCUT2D eigenvalue weighted by atomic mass is 10.1. The zero-order valence-electron chi connectivity index (χ0n) is 9.47. The molecule has 0 amide bonds. The normalized spacial score (nSPS) is 9.86. The minimum atomic E-state index is -0.0535. The van der Waals surface area contributed by atoms with Gasteiger partial charge < -0.3 is 4.74 Å². The molecule has 82 valence electrons. The Hall–Kier alpha value is -0.790. The van der Waals surface area contributed by atoms with Crippen molar-refractivity contribution in [3.05, 3.63) is 12.2 Å². The van der Waals surface area contributed by atoms with Crippen LogP contribution in [-0.2, 0) is 9.53 Å². The van der Waals surface area contributed by atoms with Crippen LogP contribution in [-0.4, -0.2) is 12.6 Å². The predicted octanol–water partition coefficient (Wildman–Crippen LogP) is 3.47. The third kappa shape index (κ3) is 9.30. The largest absolute Gasteiger partial charge is 0.466 e. The van der Waals surface area contributed by atoms with E-state index in [1.165, 1.54) is 5.57 Å². The standard InChI is InChI=1S/C12H22O2/c1-4-5-9-12(13)14-10-7-6-8-11(2)3/h2,4-10H2,1,3H3. The minimum absolute atomic E-state index is 0.0535. The highest BCUT2D eigenvalue weighted by Crippen LogP contribution is 2.04. The molecule has 0 rings (SSSR count). The lowest BCUT2D eigenvalue weighted by molar-refractivity contribution is -0.143. The second kappa shape index (κ2) is 8.79. The Morgan fingerprint density at radius 2 is 1.93 bits per heavy atom. The molecule has 0 aromatic rings. The average Bonchev–Trinajstić information content (AvgIpc) is 2.13. The van der Waals surface area contributed by atoms with Crippen LogP contribution in [0.4, 0.5) is 0 Å². The summed E-state index contributed by atoms with van der Waals surface area (Å²) in [7, 11) is 0. The number of hydrogen-bond donors (Lipinski definition) is 0. The molecule has 0 aromatic heterocycles. The highest BCUT2D eigenvalue weighted by Gasteiger charge is 2.00. The maximum Gasteiger partial charge on any atom is 0.305 e. The molecular weight excluding hydrogens is 176 g/mol. The first-order valence-corrected chi connectivity index (χ1v) is 5.46. The molecule has 0 aliphatic rings. The first kappa shape index (κ1) is 13.2. The lowest BCUT2D eigenvalue weighted by Crippen LogP contribution is -2.05. The molecule has 0 fully saturated rings. The summed E-state index contributed by atoms with van der Waals surface area (Å²) in [5.74, 6) is -0.0535. The van der Waals surface area contributed by atoms with Crippen molar-refractivity contribution >= 4 is 5.97 Å². The quantitative estimate of drug-likeness (QED) is 0.339. The van der Waals surface area contributed by atoms with Crippen molar-refractivity contribution in [2.24, 2.45) is 0 Å². The van der Waals surface area contributed by atoms with Crippen LogP contribution in [0.15, 0.2) is 12.2 Å². The van der Waals surface area contributed by atoms with E-state index in [0.29, 0.717) is 13.0 Å². The van der Waals surface area contributed by atoms with Crippen LogP contribution >= 0.6 is 0 Å². The number of esters is 1. The monoisotopic (exact) mass is 198 g/mol. The van der Waals surface area contributed by atoms with E-state index < -0.39 is 0 Å². The molecule has 0 heterocycles. The summed E-state index contributed by atoms with van der Waals surface area (Å²) < 4.78 is 5.06. The number of carbonyl (C=O) groups excluding carboxylic acids is 1. The third-order valence-corrected chi connectivity index (χ3v) is 2.00. The van der Waals surface area contributed by atoms with Gasteiger partial charge in [-0.3, -0.25) is 4.79 Å². The summed E-state index contributed by atoms with van der Waals surface area (Å²) in [6.45, 7) is 8.48. The minimum Gasteiger partial charge on any atom is -0.466 e. The molecule has 0 saturated carbocycles. The van der Waals surface area contributed by atoms with Crippen LogP contribution < -0.4 is 0 Å². The van der Waals surface area contributed by atoms with E-state index in [9.17, 15) is 4.79 Å². The van der Waals surface area contributed by atoms with E-state index in [0.717, 1.165) is 32.1 Å². The summed E-state index contributed by atoms with van der Waals surface area (Å²) >= 11 is 0. The van der Waals surface area contributed by atoms with Crippen LogP contribution in [0.5, 0.6) is 0 Å². The maximum absolute atomic E-state index is 11.1.